The van der Waals surface area contributed by atoms with Crippen molar-refractivity contribution in [1.29, 1.82) is 0 Å². The number of oxazole rings is 1. The molecule has 0 bridgehead atoms. The summed E-state index contributed by atoms with van der Waals surface area (Å²) in [5, 5.41) is 0.568. The molecule has 0 saturated carbocycles. The number of carbonyl (C=O) groups is 2. The van der Waals surface area contributed by atoms with Gasteiger partial charge in [-0.2, -0.15) is 0 Å². The Hall–Kier alpha value is -2.54. The predicted molar refractivity (Wildman–Crippen MR) is 99.6 cm³/mol. The second kappa shape index (κ2) is 8.00. The first-order chi connectivity index (χ1) is 12.9. The van der Waals surface area contributed by atoms with Crippen LogP contribution >= 0.6 is 11.6 Å². The van der Waals surface area contributed by atoms with Gasteiger partial charge in [-0.05, 0) is 38.0 Å². The number of nitrogens with two attached hydrogens (primary N) is 1. The smallest absolute Gasteiger partial charge is 0.276 e. The lowest BCUT2D eigenvalue weighted by Gasteiger charge is -2.41. The van der Waals surface area contributed by atoms with E-state index in [0.717, 1.165) is 12.8 Å². The topological polar surface area (TPSA) is 98.7 Å². The Bertz CT molecular complexity index is 838. The molecule has 3 rings (SSSR count). The van der Waals surface area contributed by atoms with Gasteiger partial charge in [0, 0.05) is 29.9 Å². The SMILES string of the molecule is Cc1ocnc1C(=O)N1CCCC(COc2cccc(Cl)c2)(CC(N)=O)C1. The zero-order valence-electron chi connectivity index (χ0n) is 15.1. The molecule has 0 radical (unpaired) electrons. The summed E-state index contributed by atoms with van der Waals surface area (Å²) in [4.78, 5) is 30.2. The monoisotopic (exact) mass is 391 g/mol. The van der Waals surface area contributed by atoms with E-state index >= 15 is 0 Å². The molecule has 1 aliphatic rings. The molecule has 7 nitrogen and oxygen atoms in total. The van der Waals surface area contributed by atoms with Crippen molar-refractivity contribution >= 4 is 23.4 Å². The maximum atomic E-state index is 12.8. The molecule has 1 aromatic heterocycles. The van der Waals surface area contributed by atoms with E-state index in [2.05, 4.69) is 4.98 Å². The van der Waals surface area contributed by atoms with Gasteiger partial charge in [0.2, 0.25) is 5.91 Å². The number of hydrogen-bond donors (Lipinski definition) is 1. The Balaban J connectivity index is 1.77. The molecule has 2 amide bonds. The van der Waals surface area contributed by atoms with E-state index in [1.54, 1.807) is 36.1 Å². The van der Waals surface area contributed by atoms with Gasteiger partial charge in [0.25, 0.3) is 5.91 Å². The predicted octanol–water partition coefficient (Wildman–Crippen LogP) is 2.81. The summed E-state index contributed by atoms with van der Waals surface area (Å²) in [6.07, 6.45) is 2.87. The van der Waals surface area contributed by atoms with E-state index in [4.69, 9.17) is 26.5 Å². The van der Waals surface area contributed by atoms with Crippen LogP contribution in [0.2, 0.25) is 5.02 Å². The molecule has 1 saturated heterocycles. The number of amides is 2. The second-order valence-corrected chi connectivity index (χ2v) is 7.41. The van der Waals surface area contributed by atoms with Gasteiger partial charge in [0.15, 0.2) is 12.1 Å². The molecule has 1 aromatic carbocycles. The Morgan fingerprint density at radius 1 is 1.44 bits per heavy atom. The van der Waals surface area contributed by atoms with Crippen molar-refractivity contribution in [2.24, 2.45) is 11.1 Å². The number of carbonyl (C=O) groups excluding carboxylic acids is 2. The molecule has 0 aliphatic carbocycles. The number of ether oxygens (including phenoxy) is 1. The highest BCUT2D eigenvalue weighted by Crippen LogP contribution is 2.35. The van der Waals surface area contributed by atoms with E-state index < -0.39 is 11.3 Å². The molecule has 0 spiro atoms. The number of nitrogens with zero attached hydrogens (tertiary/aromatic N) is 2. The summed E-state index contributed by atoms with van der Waals surface area (Å²) in [5.74, 6) is 0.456. The minimum absolute atomic E-state index is 0.134. The highest BCUT2D eigenvalue weighted by Gasteiger charge is 2.40. The first-order valence-electron chi connectivity index (χ1n) is 8.75. The third-order valence-corrected chi connectivity index (χ3v) is 5.02. The van der Waals surface area contributed by atoms with Gasteiger partial charge in [-0.15, -0.1) is 0 Å². The number of benzene rings is 1. The van der Waals surface area contributed by atoms with E-state index in [1.165, 1.54) is 6.39 Å². The lowest BCUT2D eigenvalue weighted by Crippen LogP contribution is -2.50. The van der Waals surface area contributed by atoms with Crippen LogP contribution in [0.1, 0.15) is 35.5 Å². The van der Waals surface area contributed by atoms with Crippen molar-refractivity contribution in [2.75, 3.05) is 19.7 Å². The van der Waals surface area contributed by atoms with Crippen molar-refractivity contribution in [3.63, 3.8) is 0 Å². The van der Waals surface area contributed by atoms with Crippen LogP contribution in [0.3, 0.4) is 0 Å². The van der Waals surface area contributed by atoms with E-state index in [-0.39, 0.29) is 18.9 Å². The van der Waals surface area contributed by atoms with Crippen molar-refractivity contribution < 1.29 is 18.7 Å². The third kappa shape index (κ3) is 4.60. The minimum atomic E-state index is -0.556. The van der Waals surface area contributed by atoms with Crippen molar-refractivity contribution in [2.45, 2.75) is 26.2 Å². The molecule has 144 valence electrons. The van der Waals surface area contributed by atoms with Gasteiger partial charge in [-0.25, -0.2) is 4.98 Å². The molecule has 1 atom stereocenters. The number of aryl methyl sites for hydroxylation is 1. The summed E-state index contributed by atoms with van der Waals surface area (Å²) >= 11 is 6.00. The maximum Gasteiger partial charge on any atom is 0.276 e. The zero-order valence-corrected chi connectivity index (χ0v) is 15.9. The number of rotatable bonds is 6. The summed E-state index contributed by atoms with van der Waals surface area (Å²) < 4.78 is 11.0. The lowest BCUT2D eigenvalue weighted by molar-refractivity contribution is -0.122. The first kappa shape index (κ1) is 19.2. The zero-order chi connectivity index (χ0) is 19.4. The van der Waals surface area contributed by atoms with Crippen molar-refractivity contribution in [1.82, 2.24) is 9.88 Å². The van der Waals surface area contributed by atoms with Crippen molar-refractivity contribution in [3.8, 4) is 5.75 Å². The van der Waals surface area contributed by atoms with Crippen LogP contribution in [0, 0.1) is 12.3 Å². The molecular weight excluding hydrogens is 370 g/mol. The summed E-state index contributed by atoms with van der Waals surface area (Å²) in [7, 11) is 0. The van der Waals surface area contributed by atoms with Crippen LogP contribution < -0.4 is 10.5 Å². The fourth-order valence-electron chi connectivity index (χ4n) is 3.52. The highest BCUT2D eigenvalue weighted by molar-refractivity contribution is 6.30. The summed E-state index contributed by atoms with van der Waals surface area (Å²) in [6, 6.07) is 7.07. The molecule has 2 heterocycles. The Morgan fingerprint density at radius 2 is 2.26 bits per heavy atom. The number of primary amides is 1. The van der Waals surface area contributed by atoms with E-state index in [9.17, 15) is 9.59 Å². The minimum Gasteiger partial charge on any atom is -0.493 e. The Morgan fingerprint density at radius 3 is 2.93 bits per heavy atom. The van der Waals surface area contributed by atoms with Gasteiger partial charge in [0.1, 0.15) is 11.5 Å². The van der Waals surface area contributed by atoms with Gasteiger partial charge >= 0.3 is 0 Å². The van der Waals surface area contributed by atoms with Crippen molar-refractivity contribution in [3.05, 3.63) is 47.1 Å². The lowest BCUT2D eigenvalue weighted by atomic mass is 9.77. The largest absolute Gasteiger partial charge is 0.493 e. The first-order valence-corrected chi connectivity index (χ1v) is 9.12. The fourth-order valence-corrected chi connectivity index (χ4v) is 3.70. The summed E-state index contributed by atoms with van der Waals surface area (Å²) in [5.41, 5.74) is 5.23. The number of likely N-dealkylation sites (tertiary alicyclic amines) is 1. The summed E-state index contributed by atoms with van der Waals surface area (Å²) in [6.45, 7) is 2.91. The van der Waals surface area contributed by atoms with Gasteiger partial charge in [0.05, 0.1) is 6.61 Å². The van der Waals surface area contributed by atoms with Crippen LogP contribution in [-0.4, -0.2) is 41.4 Å². The number of piperidine rings is 1. The van der Waals surface area contributed by atoms with Crippen LogP contribution in [0.25, 0.3) is 0 Å². The molecule has 1 fully saturated rings. The maximum absolute atomic E-state index is 12.8. The molecular formula is C19H22ClN3O4. The van der Waals surface area contributed by atoms with E-state index in [1.807, 2.05) is 0 Å². The average molecular weight is 392 g/mol. The van der Waals surface area contributed by atoms with Crippen LogP contribution in [0.5, 0.6) is 5.75 Å². The van der Waals surface area contributed by atoms with Crippen LogP contribution in [0.4, 0.5) is 0 Å². The molecule has 27 heavy (non-hydrogen) atoms. The average Bonchev–Trinajstić information content (AvgIpc) is 3.05. The molecule has 2 N–H and O–H groups in total. The normalized spacial score (nSPS) is 19.7. The molecule has 1 aliphatic heterocycles. The Kier molecular flexibility index (Phi) is 5.70. The number of hydrogen-bond acceptors (Lipinski definition) is 5. The van der Waals surface area contributed by atoms with Gasteiger partial charge in [-0.3, -0.25) is 9.59 Å². The third-order valence-electron chi connectivity index (χ3n) is 4.79. The Labute approximate surface area is 162 Å². The molecule has 2 aromatic rings. The highest BCUT2D eigenvalue weighted by atomic mass is 35.5. The fraction of sp³-hybridized carbons (Fsp3) is 0.421. The number of aromatic nitrogens is 1. The molecule has 8 heteroatoms. The quantitative estimate of drug-likeness (QED) is 0.816. The van der Waals surface area contributed by atoms with Gasteiger partial charge in [-0.1, -0.05) is 17.7 Å². The van der Waals surface area contributed by atoms with Crippen LogP contribution in [-0.2, 0) is 4.79 Å². The standard InChI is InChI=1S/C19H22ClN3O4/c1-13-17(22-12-27-13)18(25)23-7-3-6-19(10-23,9-16(21)24)11-26-15-5-2-4-14(20)8-15/h2,4-5,8,12H,3,6-7,9-11H2,1H3,(H2,21,24). The molecule has 1 unspecified atom stereocenters. The second-order valence-electron chi connectivity index (χ2n) is 6.98. The van der Waals surface area contributed by atoms with E-state index in [0.29, 0.717) is 35.3 Å². The van der Waals surface area contributed by atoms with Crippen LogP contribution in [0.15, 0.2) is 35.1 Å². The number of halogens is 1. The van der Waals surface area contributed by atoms with Gasteiger partial charge < -0.3 is 19.8 Å².